The lowest BCUT2D eigenvalue weighted by molar-refractivity contribution is 0.497. The Balaban J connectivity index is 2.15. The molecule has 1 saturated carbocycles. The van der Waals surface area contributed by atoms with Gasteiger partial charge in [0.2, 0.25) is 0 Å². The summed E-state index contributed by atoms with van der Waals surface area (Å²) in [5.74, 6) is 0. The predicted octanol–water partition coefficient (Wildman–Crippen LogP) is 4.95. The molecule has 1 aliphatic carbocycles. The fraction of sp³-hybridized carbons (Fsp3) is 0.429. The quantitative estimate of drug-likeness (QED) is 0.628. The third kappa shape index (κ3) is 1.57. The highest BCUT2D eigenvalue weighted by Gasteiger charge is 2.36. The van der Waals surface area contributed by atoms with Gasteiger partial charge in [-0.05, 0) is 47.1 Å². The van der Waals surface area contributed by atoms with Gasteiger partial charge in [0.05, 0.1) is 0 Å². The highest BCUT2D eigenvalue weighted by Crippen LogP contribution is 2.46. The molecular formula is C14H15ClS. The van der Waals surface area contributed by atoms with Crippen LogP contribution >= 0.6 is 22.9 Å². The Morgan fingerprint density at radius 1 is 1.38 bits per heavy atom. The molecule has 1 aromatic carbocycles. The van der Waals surface area contributed by atoms with Gasteiger partial charge in [0, 0.05) is 10.1 Å². The highest BCUT2D eigenvalue weighted by molar-refractivity contribution is 7.17. The Hall–Kier alpha value is -0.530. The average Bonchev–Trinajstić information content (AvgIpc) is 2.85. The molecule has 1 aromatic heterocycles. The van der Waals surface area contributed by atoms with Crippen molar-refractivity contribution in [3.05, 3.63) is 35.2 Å². The first-order chi connectivity index (χ1) is 7.69. The molecule has 3 rings (SSSR count). The summed E-state index contributed by atoms with van der Waals surface area (Å²) in [5.41, 5.74) is 1.79. The smallest absolute Gasteiger partial charge is 0.0380 e. The van der Waals surface area contributed by atoms with Gasteiger partial charge in [-0.2, -0.15) is 0 Å². The first kappa shape index (κ1) is 10.6. The zero-order valence-electron chi connectivity index (χ0n) is 9.37. The van der Waals surface area contributed by atoms with Gasteiger partial charge in [-0.1, -0.05) is 25.1 Å². The van der Waals surface area contributed by atoms with E-state index in [0.717, 1.165) is 12.8 Å². The average molecular weight is 251 g/mol. The first-order valence-electron chi connectivity index (χ1n) is 5.80. The van der Waals surface area contributed by atoms with Crippen LogP contribution < -0.4 is 0 Å². The number of thiophene rings is 1. The Bertz CT molecular complexity index is 516. The molecule has 0 saturated heterocycles. The van der Waals surface area contributed by atoms with E-state index >= 15 is 0 Å². The monoisotopic (exact) mass is 250 g/mol. The van der Waals surface area contributed by atoms with E-state index in [1.165, 1.54) is 22.1 Å². The number of halogens is 1. The summed E-state index contributed by atoms with van der Waals surface area (Å²) in [6.45, 7) is 2.36. The molecule has 0 amide bonds. The van der Waals surface area contributed by atoms with Crippen LogP contribution in [-0.4, -0.2) is 5.38 Å². The molecule has 0 aliphatic heterocycles. The van der Waals surface area contributed by atoms with Crippen molar-refractivity contribution >= 4 is 33.0 Å². The second-order valence-electron chi connectivity index (χ2n) is 5.05. The molecule has 1 aliphatic rings. The molecule has 1 heterocycles. The standard InChI is InChI=1S/C14H15ClS/c1-14(7-5-11(15)9-14)12-4-2-3-10-6-8-16-13(10)12/h2-4,6,8,11H,5,7,9H2,1H3. The van der Waals surface area contributed by atoms with E-state index in [1.807, 2.05) is 11.3 Å². The number of hydrogen-bond donors (Lipinski definition) is 0. The van der Waals surface area contributed by atoms with Gasteiger partial charge in [-0.3, -0.25) is 0 Å². The Morgan fingerprint density at radius 2 is 2.25 bits per heavy atom. The van der Waals surface area contributed by atoms with Crippen molar-refractivity contribution in [3.8, 4) is 0 Å². The molecule has 2 aromatic rings. The third-order valence-electron chi connectivity index (χ3n) is 3.81. The van der Waals surface area contributed by atoms with Crippen LogP contribution in [0.1, 0.15) is 31.7 Å². The van der Waals surface area contributed by atoms with E-state index in [-0.39, 0.29) is 5.41 Å². The summed E-state index contributed by atoms with van der Waals surface area (Å²) in [6, 6.07) is 8.87. The lowest BCUT2D eigenvalue weighted by Crippen LogP contribution is -2.17. The van der Waals surface area contributed by atoms with Gasteiger partial charge in [0.15, 0.2) is 0 Å². The number of fused-ring (bicyclic) bond motifs is 1. The maximum absolute atomic E-state index is 6.27. The molecule has 2 unspecified atom stereocenters. The van der Waals surface area contributed by atoms with Gasteiger partial charge < -0.3 is 0 Å². The molecular weight excluding hydrogens is 236 g/mol. The Kier molecular flexibility index (Phi) is 2.49. The van der Waals surface area contributed by atoms with E-state index in [2.05, 4.69) is 36.6 Å². The fourth-order valence-corrected chi connectivity index (χ4v) is 4.40. The normalized spacial score (nSPS) is 30.0. The SMILES string of the molecule is CC1(c2cccc3ccsc23)CCC(Cl)C1. The second kappa shape index (κ2) is 3.75. The predicted molar refractivity (Wildman–Crippen MR) is 72.7 cm³/mol. The summed E-state index contributed by atoms with van der Waals surface area (Å²) < 4.78 is 1.45. The molecule has 0 bridgehead atoms. The maximum Gasteiger partial charge on any atom is 0.0380 e. The van der Waals surface area contributed by atoms with Crippen molar-refractivity contribution in [1.29, 1.82) is 0 Å². The summed E-state index contributed by atoms with van der Waals surface area (Å²) >= 11 is 8.13. The van der Waals surface area contributed by atoms with E-state index in [0.29, 0.717) is 5.38 Å². The van der Waals surface area contributed by atoms with Crippen molar-refractivity contribution in [3.63, 3.8) is 0 Å². The van der Waals surface area contributed by atoms with Crippen LogP contribution in [0.3, 0.4) is 0 Å². The van der Waals surface area contributed by atoms with Crippen LogP contribution in [0.2, 0.25) is 0 Å². The number of alkyl halides is 1. The van der Waals surface area contributed by atoms with Crippen molar-refractivity contribution in [2.24, 2.45) is 0 Å². The van der Waals surface area contributed by atoms with Crippen molar-refractivity contribution < 1.29 is 0 Å². The molecule has 0 nitrogen and oxygen atoms in total. The summed E-state index contributed by atoms with van der Waals surface area (Å²) in [4.78, 5) is 0. The van der Waals surface area contributed by atoms with Gasteiger partial charge in [0.1, 0.15) is 0 Å². The van der Waals surface area contributed by atoms with Gasteiger partial charge in [0.25, 0.3) is 0 Å². The molecule has 2 heteroatoms. The molecule has 0 spiro atoms. The molecule has 0 radical (unpaired) electrons. The van der Waals surface area contributed by atoms with Gasteiger partial charge >= 0.3 is 0 Å². The van der Waals surface area contributed by atoms with Crippen molar-refractivity contribution in [1.82, 2.24) is 0 Å². The van der Waals surface area contributed by atoms with Crippen LogP contribution in [0, 0.1) is 0 Å². The minimum absolute atomic E-state index is 0.288. The summed E-state index contributed by atoms with van der Waals surface area (Å²) in [5, 5.41) is 3.92. The van der Waals surface area contributed by atoms with Crippen LogP contribution in [0.25, 0.3) is 10.1 Å². The van der Waals surface area contributed by atoms with Crippen molar-refractivity contribution in [2.45, 2.75) is 37.0 Å². The molecule has 16 heavy (non-hydrogen) atoms. The van der Waals surface area contributed by atoms with E-state index < -0.39 is 0 Å². The fourth-order valence-electron chi connectivity index (χ4n) is 2.88. The largest absolute Gasteiger partial charge is 0.144 e. The number of rotatable bonds is 1. The lowest BCUT2D eigenvalue weighted by Gasteiger charge is -2.25. The van der Waals surface area contributed by atoms with Crippen LogP contribution in [0.5, 0.6) is 0 Å². The third-order valence-corrected chi connectivity index (χ3v) is 5.15. The summed E-state index contributed by atoms with van der Waals surface area (Å²) in [7, 11) is 0. The maximum atomic E-state index is 6.27. The van der Waals surface area contributed by atoms with Crippen LogP contribution in [-0.2, 0) is 5.41 Å². The topological polar surface area (TPSA) is 0 Å². The van der Waals surface area contributed by atoms with Crippen molar-refractivity contribution in [2.75, 3.05) is 0 Å². The second-order valence-corrected chi connectivity index (χ2v) is 6.58. The zero-order valence-corrected chi connectivity index (χ0v) is 10.9. The number of benzene rings is 1. The first-order valence-corrected chi connectivity index (χ1v) is 7.11. The lowest BCUT2D eigenvalue weighted by atomic mass is 9.81. The van der Waals surface area contributed by atoms with Crippen LogP contribution in [0.15, 0.2) is 29.6 Å². The molecule has 1 fully saturated rings. The molecule has 84 valence electrons. The van der Waals surface area contributed by atoms with E-state index in [4.69, 9.17) is 11.6 Å². The van der Waals surface area contributed by atoms with Gasteiger partial charge in [-0.25, -0.2) is 0 Å². The van der Waals surface area contributed by atoms with Gasteiger partial charge in [-0.15, -0.1) is 22.9 Å². The molecule has 2 atom stereocenters. The minimum atomic E-state index is 0.288. The summed E-state index contributed by atoms with van der Waals surface area (Å²) in [6.07, 6.45) is 3.49. The Labute approximate surface area is 105 Å². The minimum Gasteiger partial charge on any atom is -0.144 e. The van der Waals surface area contributed by atoms with E-state index in [1.54, 1.807) is 0 Å². The molecule has 0 N–H and O–H groups in total. The van der Waals surface area contributed by atoms with E-state index in [9.17, 15) is 0 Å². The number of hydrogen-bond acceptors (Lipinski definition) is 1. The highest BCUT2D eigenvalue weighted by atomic mass is 35.5. The zero-order chi connectivity index (χ0) is 11.2. The Morgan fingerprint density at radius 3 is 3.00 bits per heavy atom. The van der Waals surface area contributed by atoms with Crippen LogP contribution in [0.4, 0.5) is 0 Å².